The largest absolute Gasteiger partial charge is 0.462 e. The number of unbranched alkanes of at least 4 members (excludes halogenated alkanes) is 37. The van der Waals surface area contributed by atoms with E-state index in [9.17, 15) is 14.4 Å². The minimum Gasteiger partial charge on any atom is -0.462 e. The van der Waals surface area contributed by atoms with E-state index >= 15 is 0 Å². The summed E-state index contributed by atoms with van der Waals surface area (Å²) in [5.41, 5.74) is 0. The molecule has 0 heterocycles. The molecule has 1 atom stereocenters. The number of rotatable bonds is 52. The van der Waals surface area contributed by atoms with Gasteiger partial charge in [-0.2, -0.15) is 0 Å². The summed E-state index contributed by atoms with van der Waals surface area (Å²) < 4.78 is 16.8. The van der Waals surface area contributed by atoms with Crippen molar-refractivity contribution < 1.29 is 28.6 Å². The lowest BCUT2D eigenvalue weighted by molar-refractivity contribution is -0.167. The van der Waals surface area contributed by atoms with Crippen molar-refractivity contribution in [2.75, 3.05) is 13.2 Å². The van der Waals surface area contributed by atoms with E-state index in [0.29, 0.717) is 19.3 Å². The fraction of sp³-hybridized carbons (Fsp3) is 0.879. The topological polar surface area (TPSA) is 78.9 Å². The Hall–Kier alpha value is -2.11. The van der Waals surface area contributed by atoms with E-state index in [2.05, 4.69) is 45.1 Å². The van der Waals surface area contributed by atoms with Gasteiger partial charge in [-0.3, -0.25) is 14.4 Å². The first-order valence-corrected chi connectivity index (χ1v) is 28.3. The second kappa shape index (κ2) is 53.5. The molecule has 6 heteroatoms. The van der Waals surface area contributed by atoms with E-state index in [1.54, 1.807) is 0 Å². The van der Waals surface area contributed by atoms with Gasteiger partial charge >= 0.3 is 17.9 Å². The van der Waals surface area contributed by atoms with E-state index in [4.69, 9.17) is 14.2 Å². The molecule has 0 aliphatic heterocycles. The van der Waals surface area contributed by atoms with Crippen molar-refractivity contribution >= 4 is 17.9 Å². The summed E-state index contributed by atoms with van der Waals surface area (Å²) in [5.74, 6) is -0.861. The van der Waals surface area contributed by atoms with E-state index in [-0.39, 0.29) is 31.1 Å². The zero-order chi connectivity index (χ0) is 46.5. The first-order valence-electron chi connectivity index (χ1n) is 28.3. The van der Waals surface area contributed by atoms with Crippen LogP contribution in [0, 0.1) is 0 Å². The molecule has 0 saturated heterocycles. The van der Waals surface area contributed by atoms with Gasteiger partial charge in [0.2, 0.25) is 0 Å². The highest BCUT2D eigenvalue weighted by atomic mass is 16.6. The fourth-order valence-electron chi connectivity index (χ4n) is 8.37. The molecule has 64 heavy (non-hydrogen) atoms. The number of carbonyl (C=O) groups is 3. The molecule has 6 nitrogen and oxygen atoms in total. The van der Waals surface area contributed by atoms with Crippen molar-refractivity contribution in [2.24, 2.45) is 0 Å². The summed E-state index contributed by atoms with van der Waals surface area (Å²) >= 11 is 0. The average molecular weight is 901 g/mol. The Morgan fingerprint density at radius 2 is 0.516 bits per heavy atom. The normalized spacial score (nSPS) is 12.1. The van der Waals surface area contributed by atoms with Gasteiger partial charge in [-0.15, -0.1) is 0 Å². The fourth-order valence-corrected chi connectivity index (χ4v) is 8.37. The van der Waals surface area contributed by atoms with Gasteiger partial charge in [0.05, 0.1) is 0 Å². The Bertz CT molecular complexity index is 1040. The summed E-state index contributed by atoms with van der Waals surface area (Å²) in [6.07, 6.45) is 61.7. The Balaban J connectivity index is 4.28. The molecular formula is C58H108O6. The van der Waals surface area contributed by atoms with Gasteiger partial charge in [-0.05, 0) is 70.6 Å². The maximum Gasteiger partial charge on any atom is 0.306 e. The highest BCUT2D eigenvalue weighted by Gasteiger charge is 2.19. The first kappa shape index (κ1) is 61.9. The molecule has 0 aliphatic carbocycles. The minimum atomic E-state index is -0.769. The van der Waals surface area contributed by atoms with Crippen LogP contribution in [0.15, 0.2) is 24.3 Å². The summed E-state index contributed by atoms with van der Waals surface area (Å²) in [6.45, 7) is 6.65. The molecular weight excluding hydrogens is 793 g/mol. The van der Waals surface area contributed by atoms with Crippen LogP contribution < -0.4 is 0 Å². The van der Waals surface area contributed by atoms with Gasteiger partial charge in [0.25, 0.3) is 0 Å². The van der Waals surface area contributed by atoms with Crippen LogP contribution in [-0.4, -0.2) is 37.2 Å². The predicted octanol–water partition coefficient (Wildman–Crippen LogP) is 18.7. The third-order valence-corrected chi connectivity index (χ3v) is 12.7. The Morgan fingerprint density at radius 3 is 0.781 bits per heavy atom. The maximum absolute atomic E-state index is 12.8. The van der Waals surface area contributed by atoms with Crippen LogP contribution in [0.4, 0.5) is 0 Å². The highest BCUT2D eigenvalue weighted by Crippen LogP contribution is 2.16. The van der Waals surface area contributed by atoms with E-state index in [0.717, 1.165) is 57.8 Å². The first-order chi connectivity index (χ1) is 31.5. The number of carbonyl (C=O) groups excluding carboxylic acids is 3. The standard InChI is InChI=1S/C58H108O6/c1-4-7-10-13-16-19-22-24-26-28-29-31-32-34-36-39-42-45-48-51-57(60)63-54-55(53-62-56(59)50-47-44-41-38-21-18-15-12-9-6-3)64-58(61)52-49-46-43-40-37-35-33-30-27-25-23-20-17-14-11-8-5-2/h24-27,55H,4-23,28-54H2,1-3H3/b26-24-,27-25-. The maximum atomic E-state index is 12.8. The lowest BCUT2D eigenvalue weighted by Crippen LogP contribution is -2.30. The van der Waals surface area contributed by atoms with Crippen LogP contribution in [0.3, 0.4) is 0 Å². The van der Waals surface area contributed by atoms with Crippen LogP contribution in [0.2, 0.25) is 0 Å². The predicted molar refractivity (Wildman–Crippen MR) is 275 cm³/mol. The molecule has 0 aromatic heterocycles. The van der Waals surface area contributed by atoms with Gasteiger partial charge in [0.15, 0.2) is 6.10 Å². The molecule has 0 rings (SSSR count). The SMILES string of the molecule is CCCCCCCC/C=C\CCCCCCCCCCCC(=O)OCC(COC(=O)CCCCCCCCCCCC)OC(=O)CCCCCCCCC/C=C\CCCCCCCC. The zero-order valence-corrected chi connectivity index (χ0v) is 43.1. The van der Waals surface area contributed by atoms with E-state index < -0.39 is 6.10 Å². The molecule has 0 bridgehead atoms. The quantitative estimate of drug-likeness (QED) is 0.0262. The monoisotopic (exact) mass is 901 g/mol. The summed E-state index contributed by atoms with van der Waals surface area (Å²) in [7, 11) is 0. The molecule has 376 valence electrons. The van der Waals surface area contributed by atoms with Crippen molar-refractivity contribution in [2.45, 2.75) is 316 Å². The molecule has 1 unspecified atom stereocenters. The zero-order valence-electron chi connectivity index (χ0n) is 43.1. The lowest BCUT2D eigenvalue weighted by Gasteiger charge is -2.18. The Labute approximate surface area is 398 Å². The molecule has 0 aromatic rings. The number of allylic oxidation sites excluding steroid dienone is 4. The number of esters is 3. The van der Waals surface area contributed by atoms with Crippen LogP contribution in [0.25, 0.3) is 0 Å². The van der Waals surface area contributed by atoms with Crippen molar-refractivity contribution in [3.8, 4) is 0 Å². The van der Waals surface area contributed by atoms with Crippen molar-refractivity contribution in [3.05, 3.63) is 24.3 Å². The van der Waals surface area contributed by atoms with E-state index in [1.165, 1.54) is 212 Å². The molecule has 0 amide bonds. The molecule has 0 radical (unpaired) electrons. The number of ether oxygens (including phenoxy) is 3. The van der Waals surface area contributed by atoms with Crippen LogP contribution in [0.5, 0.6) is 0 Å². The minimum absolute atomic E-state index is 0.0696. The van der Waals surface area contributed by atoms with Crippen molar-refractivity contribution in [3.63, 3.8) is 0 Å². The molecule has 0 saturated carbocycles. The lowest BCUT2D eigenvalue weighted by atomic mass is 10.1. The van der Waals surface area contributed by atoms with Gasteiger partial charge in [-0.25, -0.2) is 0 Å². The highest BCUT2D eigenvalue weighted by molar-refractivity contribution is 5.71. The summed E-state index contributed by atoms with van der Waals surface area (Å²) in [5, 5.41) is 0. The molecule has 0 aliphatic rings. The van der Waals surface area contributed by atoms with Crippen molar-refractivity contribution in [1.29, 1.82) is 0 Å². The summed E-state index contributed by atoms with van der Waals surface area (Å²) in [6, 6.07) is 0. The molecule has 0 spiro atoms. The van der Waals surface area contributed by atoms with Crippen LogP contribution in [0.1, 0.15) is 310 Å². The van der Waals surface area contributed by atoms with Gasteiger partial charge in [0, 0.05) is 19.3 Å². The molecule has 0 aromatic carbocycles. The van der Waals surface area contributed by atoms with Crippen LogP contribution in [-0.2, 0) is 28.6 Å². The second-order valence-corrected chi connectivity index (χ2v) is 19.2. The third kappa shape index (κ3) is 50.9. The average Bonchev–Trinajstić information content (AvgIpc) is 3.29. The molecule has 0 fully saturated rings. The third-order valence-electron chi connectivity index (χ3n) is 12.7. The van der Waals surface area contributed by atoms with Crippen LogP contribution >= 0.6 is 0 Å². The Kier molecular flexibility index (Phi) is 51.7. The second-order valence-electron chi connectivity index (χ2n) is 19.2. The number of hydrogen-bond donors (Lipinski definition) is 0. The van der Waals surface area contributed by atoms with Crippen molar-refractivity contribution in [1.82, 2.24) is 0 Å². The van der Waals surface area contributed by atoms with Gasteiger partial charge in [-0.1, -0.05) is 244 Å². The molecule has 0 N–H and O–H groups in total. The Morgan fingerprint density at radius 1 is 0.297 bits per heavy atom. The summed E-state index contributed by atoms with van der Waals surface area (Å²) in [4.78, 5) is 38.0. The van der Waals surface area contributed by atoms with Gasteiger partial charge < -0.3 is 14.2 Å². The number of hydrogen-bond acceptors (Lipinski definition) is 6. The van der Waals surface area contributed by atoms with Gasteiger partial charge in [0.1, 0.15) is 13.2 Å². The van der Waals surface area contributed by atoms with E-state index in [1.807, 2.05) is 0 Å². The smallest absolute Gasteiger partial charge is 0.306 e.